The number of aromatic amines is 1. The highest BCUT2D eigenvalue weighted by molar-refractivity contribution is 5.80. The van der Waals surface area contributed by atoms with Crippen LogP contribution in [0, 0.1) is 5.82 Å². The van der Waals surface area contributed by atoms with Crippen LogP contribution in [0.5, 0.6) is 0 Å². The second kappa shape index (κ2) is 6.71. The summed E-state index contributed by atoms with van der Waals surface area (Å²) in [5.74, 6) is 0.0249. The van der Waals surface area contributed by atoms with Gasteiger partial charge in [0.2, 0.25) is 5.95 Å². The zero-order chi connectivity index (χ0) is 18.0. The second-order valence-electron chi connectivity index (χ2n) is 5.50. The Balaban J connectivity index is 2.00. The molecule has 0 aliphatic rings. The minimum Gasteiger partial charge on any atom is -0.303 e. The van der Waals surface area contributed by atoms with Gasteiger partial charge in [-0.15, -0.1) is 0 Å². The number of hydrogen-bond donors (Lipinski definition) is 2. The number of aryl methyl sites for hydroxylation is 2. The first-order chi connectivity index (χ1) is 12.0. The van der Waals surface area contributed by atoms with E-state index in [0.717, 1.165) is 6.42 Å². The van der Waals surface area contributed by atoms with E-state index < -0.39 is 11.2 Å². The Morgan fingerprint density at radius 1 is 1.32 bits per heavy atom. The Kier molecular flexibility index (Phi) is 4.46. The molecule has 0 radical (unpaired) electrons. The van der Waals surface area contributed by atoms with Gasteiger partial charge >= 0.3 is 5.69 Å². The molecule has 2 N–H and O–H groups in total. The van der Waals surface area contributed by atoms with E-state index in [1.807, 2.05) is 6.92 Å². The highest BCUT2D eigenvalue weighted by atomic mass is 19.1. The molecular formula is C16H17FN6O2. The van der Waals surface area contributed by atoms with Crippen LogP contribution in [0.25, 0.3) is 11.2 Å². The smallest absolute Gasteiger partial charge is 0.303 e. The minimum absolute atomic E-state index is 0.279. The van der Waals surface area contributed by atoms with Crippen molar-refractivity contribution in [3.8, 4) is 0 Å². The Bertz CT molecular complexity index is 1050. The predicted molar refractivity (Wildman–Crippen MR) is 93.5 cm³/mol. The van der Waals surface area contributed by atoms with Gasteiger partial charge in [-0.3, -0.25) is 14.3 Å². The Labute approximate surface area is 141 Å². The molecule has 0 unspecified atom stereocenters. The number of hydrogen-bond acceptors (Lipinski definition) is 5. The number of nitrogens with zero attached hydrogens (tertiary/aromatic N) is 4. The Hall–Kier alpha value is -3.23. The number of aromatic nitrogens is 4. The molecule has 0 aliphatic heterocycles. The fourth-order valence-electron chi connectivity index (χ4n) is 2.47. The van der Waals surface area contributed by atoms with Crippen LogP contribution < -0.4 is 16.7 Å². The first kappa shape index (κ1) is 16.6. The zero-order valence-electron chi connectivity index (χ0n) is 13.8. The quantitative estimate of drug-likeness (QED) is 0.540. The molecule has 1 aromatic carbocycles. The fourth-order valence-corrected chi connectivity index (χ4v) is 2.47. The molecular weight excluding hydrogens is 327 g/mol. The van der Waals surface area contributed by atoms with E-state index in [4.69, 9.17) is 0 Å². The third-order valence-electron chi connectivity index (χ3n) is 3.70. The van der Waals surface area contributed by atoms with Crippen molar-refractivity contribution in [2.75, 3.05) is 5.43 Å². The van der Waals surface area contributed by atoms with Gasteiger partial charge in [-0.2, -0.15) is 10.1 Å². The van der Waals surface area contributed by atoms with Crippen LogP contribution in [0.1, 0.15) is 18.9 Å². The average Bonchev–Trinajstić information content (AvgIpc) is 2.94. The lowest BCUT2D eigenvalue weighted by Crippen LogP contribution is -2.29. The number of anilines is 1. The van der Waals surface area contributed by atoms with Crippen LogP contribution >= 0.6 is 0 Å². The summed E-state index contributed by atoms with van der Waals surface area (Å²) in [5.41, 5.74) is 3.06. The standard InChI is InChI=1S/C16H17FN6O2/c1-3-8-23-12-13(22(2)16(25)20-14(12)24)19-15(23)21-18-9-10-4-6-11(17)7-5-10/h4-7,9H,3,8H2,1-2H3,(H,19,21)(H,20,24,25)/b18-9+. The Morgan fingerprint density at radius 3 is 2.72 bits per heavy atom. The lowest BCUT2D eigenvalue weighted by Gasteiger charge is -2.05. The molecule has 0 saturated heterocycles. The first-order valence-electron chi connectivity index (χ1n) is 7.75. The summed E-state index contributed by atoms with van der Waals surface area (Å²) in [6, 6.07) is 5.85. The molecule has 0 aliphatic carbocycles. The van der Waals surface area contributed by atoms with Crippen molar-refractivity contribution in [2.24, 2.45) is 12.1 Å². The lowest BCUT2D eigenvalue weighted by molar-refractivity contribution is 0.628. The molecule has 3 aromatic rings. The van der Waals surface area contributed by atoms with Crippen molar-refractivity contribution in [3.05, 3.63) is 56.5 Å². The SMILES string of the molecule is CCCn1c(N/N=C/c2ccc(F)cc2)nc2c1c(=O)[nH]c(=O)n2C. The molecule has 0 atom stereocenters. The zero-order valence-corrected chi connectivity index (χ0v) is 13.8. The van der Waals surface area contributed by atoms with Crippen LogP contribution in [0.4, 0.5) is 10.3 Å². The molecule has 2 aromatic heterocycles. The minimum atomic E-state index is -0.528. The summed E-state index contributed by atoms with van der Waals surface area (Å²) < 4.78 is 15.9. The van der Waals surface area contributed by atoms with E-state index in [2.05, 4.69) is 20.5 Å². The van der Waals surface area contributed by atoms with Crippen molar-refractivity contribution in [1.29, 1.82) is 0 Å². The molecule has 130 valence electrons. The summed E-state index contributed by atoms with van der Waals surface area (Å²) in [6.45, 7) is 2.50. The second-order valence-corrected chi connectivity index (χ2v) is 5.50. The number of halogens is 1. The van der Waals surface area contributed by atoms with Crippen molar-refractivity contribution in [3.63, 3.8) is 0 Å². The van der Waals surface area contributed by atoms with E-state index >= 15 is 0 Å². The van der Waals surface area contributed by atoms with Gasteiger partial charge in [0.1, 0.15) is 5.82 Å². The van der Waals surface area contributed by atoms with Crippen molar-refractivity contribution in [1.82, 2.24) is 19.1 Å². The molecule has 2 heterocycles. The van der Waals surface area contributed by atoms with Crippen LogP contribution in [-0.2, 0) is 13.6 Å². The number of fused-ring (bicyclic) bond motifs is 1. The molecule has 8 nitrogen and oxygen atoms in total. The third-order valence-corrected chi connectivity index (χ3v) is 3.70. The van der Waals surface area contributed by atoms with Gasteiger partial charge in [0, 0.05) is 13.6 Å². The topological polar surface area (TPSA) is 97.1 Å². The number of nitrogens with one attached hydrogen (secondary N) is 2. The monoisotopic (exact) mass is 344 g/mol. The van der Waals surface area contributed by atoms with Crippen LogP contribution in [0.3, 0.4) is 0 Å². The highest BCUT2D eigenvalue weighted by Gasteiger charge is 2.16. The maximum absolute atomic E-state index is 12.9. The number of H-pyrrole nitrogens is 1. The van der Waals surface area contributed by atoms with E-state index in [1.165, 1.54) is 30.0 Å². The summed E-state index contributed by atoms with van der Waals surface area (Å²) in [6.07, 6.45) is 2.28. The molecule has 9 heteroatoms. The van der Waals surface area contributed by atoms with Crippen molar-refractivity contribution < 1.29 is 4.39 Å². The summed E-state index contributed by atoms with van der Waals surface area (Å²) >= 11 is 0. The highest BCUT2D eigenvalue weighted by Crippen LogP contribution is 2.15. The van der Waals surface area contributed by atoms with Gasteiger partial charge < -0.3 is 4.57 Å². The number of imidazole rings is 1. The molecule has 0 amide bonds. The van der Waals surface area contributed by atoms with E-state index in [-0.39, 0.29) is 11.5 Å². The largest absolute Gasteiger partial charge is 0.329 e. The molecule has 0 spiro atoms. The number of rotatable bonds is 5. The first-order valence-corrected chi connectivity index (χ1v) is 7.75. The number of hydrazone groups is 1. The average molecular weight is 344 g/mol. The van der Waals surface area contributed by atoms with Gasteiger partial charge in [-0.25, -0.2) is 14.6 Å². The van der Waals surface area contributed by atoms with Crippen LogP contribution in [-0.4, -0.2) is 25.3 Å². The van der Waals surface area contributed by atoms with Crippen LogP contribution in [0.15, 0.2) is 39.0 Å². The van der Waals surface area contributed by atoms with Gasteiger partial charge in [0.15, 0.2) is 11.2 Å². The molecule has 0 fully saturated rings. The van der Waals surface area contributed by atoms with Gasteiger partial charge in [-0.05, 0) is 24.1 Å². The summed E-state index contributed by atoms with van der Waals surface area (Å²) in [5, 5.41) is 4.08. The van der Waals surface area contributed by atoms with Gasteiger partial charge in [0.05, 0.1) is 6.21 Å². The van der Waals surface area contributed by atoms with E-state index in [1.54, 1.807) is 16.7 Å². The molecule has 25 heavy (non-hydrogen) atoms. The van der Waals surface area contributed by atoms with E-state index in [9.17, 15) is 14.0 Å². The van der Waals surface area contributed by atoms with Crippen molar-refractivity contribution in [2.45, 2.75) is 19.9 Å². The molecule has 0 bridgehead atoms. The maximum Gasteiger partial charge on any atom is 0.329 e. The van der Waals surface area contributed by atoms with Crippen molar-refractivity contribution >= 4 is 23.3 Å². The van der Waals surface area contributed by atoms with Gasteiger partial charge in [0.25, 0.3) is 5.56 Å². The predicted octanol–water partition coefficient (Wildman–Crippen LogP) is 1.42. The lowest BCUT2D eigenvalue weighted by atomic mass is 10.2. The van der Waals surface area contributed by atoms with Crippen LogP contribution in [0.2, 0.25) is 0 Å². The number of benzene rings is 1. The van der Waals surface area contributed by atoms with E-state index in [0.29, 0.717) is 23.6 Å². The molecule has 3 rings (SSSR count). The third kappa shape index (κ3) is 3.21. The maximum atomic E-state index is 12.9. The summed E-state index contributed by atoms with van der Waals surface area (Å²) in [7, 11) is 1.54. The summed E-state index contributed by atoms with van der Waals surface area (Å²) in [4.78, 5) is 30.5. The normalized spacial score (nSPS) is 11.5. The van der Waals surface area contributed by atoms with Gasteiger partial charge in [-0.1, -0.05) is 19.1 Å². The fraction of sp³-hybridized carbons (Fsp3) is 0.250. The Morgan fingerprint density at radius 2 is 2.04 bits per heavy atom. The molecule has 0 saturated carbocycles.